The molecule has 106 valence electrons. The van der Waals surface area contributed by atoms with E-state index in [0.29, 0.717) is 24.9 Å². The van der Waals surface area contributed by atoms with Crippen LogP contribution < -0.4 is 5.32 Å². The Bertz CT molecular complexity index is 376. The van der Waals surface area contributed by atoms with Gasteiger partial charge in [0.15, 0.2) is 0 Å². The second-order valence-electron chi connectivity index (χ2n) is 5.79. The minimum atomic E-state index is -3.18. The maximum Gasteiger partial charge on any atom is 0.220 e. The summed E-state index contributed by atoms with van der Waals surface area (Å²) in [5.41, 5.74) is 0. The second kappa shape index (κ2) is 5.69. The van der Waals surface area contributed by atoms with Crippen molar-refractivity contribution in [2.45, 2.75) is 43.1 Å². The van der Waals surface area contributed by atoms with Crippen molar-refractivity contribution in [1.82, 2.24) is 9.62 Å². The number of nitrogens with zero attached hydrogens (tertiary/aromatic N) is 1. The monoisotopic (exact) mass is 292 g/mol. The SMILES string of the molecule is CC1(C)CNCCN(CC2CCCCS2)S1(=O)=O. The molecule has 2 heterocycles. The summed E-state index contributed by atoms with van der Waals surface area (Å²) in [6, 6.07) is 0. The van der Waals surface area contributed by atoms with Crippen LogP contribution in [0.3, 0.4) is 0 Å². The molecular weight excluding hydrogens is 268 g/mol. The molecule has 1 atom stereocenters. The Hall–Kier alpha value is 0.220. The van der Waals surface area contributed by atoms with E-state index >= 15 is 0 Å². The zero-order valence-corrected chi connectivity index (χ0v) is 12.9. The smallest absolute Gasteiger partial charge is 0.220 e. The number of hydrogen-bond acceptors (Lipinski definition) is 4. The van der Waals surface area contributed by atoms with Crippen molar-refractivity contribution in [3.05, 3.63) is 0 Å². The van der Waals surface area contributed by atoms with Gasteiger partial charge in [0.2, 0.25) is 10.0 Å². The molecule has 1 unspecified atom stereocenters. The topological polar surface area (TPSA) is 49.4 Å². The van der Waals surface area contributed by atoms with Crippen LogP contribution in [0.25, 0.3) is 0 Å². The number of rotatable bonds is 2. The summed E-state index contributed by atoms with van der Waals surface area (Å²) in [5, 5.41) is 3.72. The van der Waals surface area contributed by atoms with Gasteiger partial charge < -0.3 is 5.32 Å². The normalized spacial score (nSPS) is 32.9. The lowest BCUT2D eigenvalue weighted by atomic mass is 10.2. The highest BCUT2D eigenvalue weighted by molar-refractivity contribution is 8.00. The molecule has 1 N–H and O–H groups in total. The third-order valence-electron chi connectivity index (χ3n) is 3.81. The zero-order valence-electron chi connectivity index (χ0n) is 11.3. The second-order valence-corrected chi connectivity index (χ2v) is 9.77. The molecule has 2 saturated heterocycles. The molecule has 2 aliphatic heterocycles. The van der Waals surface area contributed by atoms with Gasteiger partial charge in [-0.1, -0.05) is 6.42 Å². The molecule has 0 radical (unpaired) electrons. The molecule has 0 aromatic heterocycles. The minimum absolute atomic E-state index is 0.488. The molecule has 6 heteroatoms. The maximum atomic E-state index is 12.6. The molecule has 2 aliphatic rings. The van der Waals surface area contributed by atoms with Crippen LogP contribution in [0.4, 0.5) is 0 Å². The Morgan fingerprint density at radius 3 is 2.83 bits per heavy atom. The molecule has 0 aliphatic carbocycles. The summed E-state index contributed by atoms with van der Waals surface area (Å²) < 4.78 is 26.2. The molecule has 4 nitrogen and oxygen atoms in total. The van der Waals surface area contributed by atoms with Gasteiger partial charge in [-0.25, -0.2) is 8.42 Å². The van der Waals surface area contributed by atoms with Crippen LogP contribution in [-0.4, -0.2) is 54.7 Å². The predicted octanol–water partition coefficient (Wildman–Crippen LogP) is 1.29. The summed E-state index contributed by atoms with van der Waals surface area (Å²) in [6.45, 7) is 6.26. The first-order chi connectivity index (χ1) is 8.43. The molecular formula is C12H24N2O2S2. The summed E-state index contributed by atoms with van der Waals surface area (Å²) in [4.78, 5) is 0. The van der Waals surface area contributed by atoms with Gasteiger partial charge in [0.05, 0.1) is 4.75 Å². The molecule has 18 heavy (non-hydrogen) atoms. The van der Waals surface area contributed by atoms with Gasteiger partial charge in [-0.2, -0.15) is 16.1 Å². The largest absolute Gasteiger partial charge is 0.314 e. The number of thioether (sulfide) groups is 1. The summed E-state index contributed by atoms with van der Waals surface area (Å²) in [7, 11) is -3.18. The fourth-order valence-electron chi connectivity index (χ4n) is 2.52. The van der Waals surface area contributed by atoms with E-state index in [9.17, 15) is 8.42 Å². The van der Waals surface area contributed by atoms with E-state index in [0.717, 1.165) is 13.0 Å². The lowest BCUT2D eigenvalue weighted by Crippen LogP contribution is -2.48. The van der Waals surface area contributed by atoms with Crippen molar-refractivity contribution in [2.24, 2.45) is 0 Å². The molecule has 0 amide bonds. The highest BCUT2D eigenvalue weighted by Crippen LogP contribution is 2.29. The third-order valence-corrected chi connectivity index (χ3v) is 7.74. The Balaban J connectivity index is 2.09. The van der Waals surface area contributed by atoms with Gasteiger partial charge in [-0.05, 0) is 32.4 Å². The van der Waals surface area contributed by atoms with Crippen molar-refractivity contribution < 1.29 is 8.42 Å². The van der Waals surface area contributed by atoms with Crippen LogP contribution >= 0.6 is 11.8 Å². The Labute approximate surface area is 115 Å². The fraction of sp³-hybridized carbons (Fsp3) is 1.00. The van der Waals surface area contributed by atoms with E-state index in [1.165, 1.54) is 18.6 Å². The Kier molecular flexibility index (Phi) is 4.62. The Morgan fingerprint density at radius 2 is 2.17 bits per heavy atom. The van der Waals surface area contributed by atoms with Gasteiger partial charge in [-0.3, -0.25) is 0 Å². The van der Waals surface area contributed by atoms with Gasteiger partial charge in [0.25, 0.3) is 0 Å². The van der Waals surface area contributed by atoms with E-state index in [2.05, 4.69) is 5.32 Å². The van der Waals surface area contributed by atoms with Gasteiger partial charge in [0.1, 0.15) is 0 Å². The molecule has 0 spiro atoms. The van der Waals surface area contributed by atoms with Crippen molar-refractivity contribution in [3.8, 4) is 0 Å². The maximum absolute atomic E-state index is 12.6. The summed E-state index contributed by atoms with van der Waals surface area (Å²) >= 11 is 1.94. The third kappa shape index (κ3) is 3.03. The van der Waals surface area contributed by atoms with Crippen LogP contribution in [0.15, 0.2) is 0 Å². The standard InChI is InChI=1S/C12H24N2O2S2/c1-12(2)10-13-6-7-14(18(12,15)16)9-11-5-3-4-8-17-11/h11,13H,3-10H2,1-2H3. The number of sulfonamides is 1. The minimum Gasteiger partial charge on any atom is -0.314 e. The van der Waals surface area contributed by atoms with Crippen molar-refractivity contribution in [1.29, 1.82) is 0 Å². The first-order valence-corrected chi connectivity index (χ1v) is 9.24. The molecule has 2 rings (SSSR count). The van der Waals surface area contributed by atoms with Crippen LogP contribution in [0.2, 0.25) is 0 Å². The van der Waals surface area contributed by atoms with Crippen LogP contribution in [0, 0.1) is 0 Å². The quantitative estimate of drug-likeness (QED) is 0.833. The molecule has 0 aromatic rings. The highest BCUT2D eigenvalue weighted by atomic mass is 32.2. The summed E-state index contributed by atoms with van der Waals surface area (Å²) in [6.07, 6.45) is 3.68. The predicted molar refractivity (Wildman–Crippen MR) is 77.5 cm³/mol. The van der Waals surface area contributed by atoms with Gasteiger partial charge in [0, 0.05) is 31.4 Å². The Morgan fingerprint density at radius 1 is 1.39 bits per heavy atom. The first-order valence-electron chi connectivity index (χ1n) is 6.75. The van der Waals surface area contributed by atoms with Crippen LogP contribution in [0.5, 0.6) is 0 Å². The molecule has 2 fully saturated rings. The van der Waals surface area contributed by atoms with E-state index in [4.69, 9.17) is 0 Å². The average molecular weight is 292 g/mol. The van der Waals surface area contributed by atoms with Crippen LogP contribution in [-0.2, 0) is 10.0 Å². The van der Waals surface area contributed by atoms with E-state index in [1.54, 1.807) is 4.31 Å². The van der Waals surface area contributed by atoms with Gasteiger partial charge >= 0.3 is 0 Å². The number of hydrogen-bond donors (Lipinski definition) is 1. The lowest BCUT2D eigenvalue weighted by Gasteiger charge is -2.32. The van der Waals surface area contributed by atoms with Crippen LogP contribution in [0.1, 0.15) is 33.1 Å². The lowest BCUT2D eigenvalue weighted by molar-refractivity contribution is 0.401. The molecule has 0 aromatic carbocycles. The first kappa shape index (κ1) is 14.6. The number of nitrogens with one attached hydrogen (secondary N) is 1. The summed E-state index contributed by atoms with van der Waals surface area (Å²) in [5.74, 6) is 1.18. The van der Waals surface area contributed by atoms with Crippen molar-refractivity contribution in [2.75, 3.05) is 31.9 Å². The van der Waals surface area contributed by atoms with E-state index in [-0.39, 0.29) is 0 Å². The molecule has 0 saturated carbocycles. The highest BCUT2D eigenvalue weighted by Gasteiger charge is 2.41. The van der Waals surface area contributed by atoms with E-state index < -0.39 is 14.8 Å². The fourth-order valence-corrected chi connectivity index (χ4v) is 5.63. The van der Waals surface area contributed by atoms with Crippen molar-refractivity contribution >= 4 is 21.8 Å². The van der Waals surface area contributed by atoms with Gasteiger partial charge in [-0.15, -0.1) is 0 Å². The van der Waals surface area contributed by atoms with E-state index in [1.807, 2.05) is 25.6 Å². The molecule has 0 bridgehead atoms. The average Bonchev–Trinajstić information content (AvgIpc) is 2.42. The van der Waals surface area contributed by atoms with Crippen molar-refractivity contribution in [3.63, 3.8) is 0 Å². The zero-order chi connectivity index (χ0) is 13.2.